The van der Waals surface area contributed by atoms with Crippen molar-refractivity contribution in [1.29, 1.82) is 0 Å². The van der Waals surface area contributed by atoms with Gasteiger partial charge in [0.05, 0.1) is 25.2 Å². The van der Waals surface area contributed by atoms with E-state index in [0.717, 1.165) is 83.5 Å². The monoisotopic (exact) mass is 882 g/mol. The highest BCUT2D eigenvalue weighted by atomic mass is 16.5. The average Bonchev–Trinajstić information content (AvgIpc) is 3.28. The van der Waals surface area contributed by atoms with Gasteiger partial charge in [0, 0.05) is 6.42 Å². The topological polar surface area (TPSA) is 95.9 Å². The summed E-state index contributed by atoms with van der Waals surface area (Å²) in [7, 11) is 0. The molecular formula is C57H103NO5. The normalized spacial score (nSPS) is 13.7. The van der Waals surface area contributed by atoms with Gasteiger partial charge in [-0.1, -0.05) is 248 Å². The van der Waals surface area contributed by atoms with Gasteiger partial charge in [-0.2, -0.15) is 0 Å². The molecule has 0 aromatic heterocycles. The molecule has 0 heterocycles. The molecule has 3 unspecified atom stereocenters. The SMILES string of the molecule is CC/C=C/C=C/C=C/C=C\CCCCCCCC(=O)OC(CCC/C=C\CCCCCCCCC)CC(=O)NC(CO)C(O)CCCCCCCCCCCCCCCCCCC. The second kappa shape index (κ2) is 50.6. The van der Waals surface area contributed by atoms with Crippen LogP contribution < -0.4 is 5.32 Å². The summed E-state index contributed by atoms with van der Waals surface area (Å²) in [6.07, 6.45) is 62.9. The zero-order chi connectivity index (χ0) is 45.9. The number of amides is 1. The predicted molar refractivity (Wildman–Crippen MR) is 273 cm³/mol. The third-order valence-electron chi connectivity index (χ3n) is 12.2. The van der Waals surface area contributed by atoms with Crippen molar-refractivity contribution in [2.24, 2.45) is 0 Å². The number of unbranched alkanes of at least 4 members (excludes halogenated alkanes) is 29. The number of aliphatic hydroxyl groups is 2. The van der Waals surface area contributed by atoms with E-state index in [-0.39, 0.29) is 24.9 Å². The van der Waals surface area contributed by atoms with Crippen molar-refractivity contribution in [3.05, 3.63) is 60.8 Å². The number of ether oxygens (including phenoxy) is 1. The lowest BCUT2D eigenvalue weighted by Gasteiger charge is -2.24. The molecule has 0 fully saturated rings. The molecular weight excluding hydrogens is 779 g/mol. The van der Waals surface area contributed by atoms with Crippen molar-refractivity contribution in [1.82, 2.24) is 5.32 Å². The quantitative estimate of drug-likeness (QED) is 0.0245. The second-order valence-corrected chi connectivity index (χ2v) is 18.3. The Kier molecular flexibility index (Phi) is 48.6. The van der Waals surface area contributed by atoms with Crippen LogP contribution in [0.1, 0.15) is 265 Å². The van der Waals surface area contributed by atoms with Gasteiger partial charge in [0.15, 0.2) is 0 Å². The van der Waals surface area contributed by atoms with Crippen molar-refractivity contribution in [2.45, 2.75) is 283 Å². The van der Waals surface area contributed by atoms with Gasteiger partial charge in [0.2, 0.25) is 5.91 Å². The largest absolute Gasteiger partial charge is 0.462 e. The molecule has 3 atom stereocenters. The minimum Gasteiger partial charge on any atom is -0.462 e. The molecule has 0 bridgehead atoms. The fraction of sp³-hybridized carbons (Fsp3) is 0.789. The molecule has 366 valence electrons. The number of esters is 1. The first kappa shape index (κ1) is 60.6. The van der Waals surface area contributed by atoms with Gasteiger partial charge in [-0.25, -0.2) is 0 Å². The first-order valence-corrected chi connectivity index (χ1v) is 27.1. The summed E-state index contributed by atoms with van der Waals surface area (Å²) < 4.78 is 5.91. The Labute approximate surface area is 390 Å². The molecule has 0 aromatic rings. The number of carbonyl (C=O) groups excluding carboxylic acids is 2. The van der Waals surface area contributed by atoms with Crippen molar-refractivity contribution >= 4 is 11.9 Å². The molecule has 0 aliphatic heterocycles. The second-order valence-electron chi connectivity index (χ2n) is 18.3. The van der Waals surface area contributed by atoms with Gasteiger partial charge in [-0.3, -0.25) is 9.59 Å². The highest BCUT2D eigenvalue weighted by molar-refractivity contribution is 5.77. The van der Waals surface area contributed by atoms with Crippen LogP contribution in [0.15, 0.2) is 60.8 Å². The number of rotatable bonds is 48. The van der Waals surface area contributed by atoms with Crippen LogP contribution in [0.25, 0.3) is 0 Å². The predicted octanol–water partition coefficient (Wildman–Crippen LogP) is 16.4. The molecule has 0 rings (SSSR count). The van der Waals surface area contributed by atoms with Gasteiger partial charge in [-0.15, -0.1) is 0 Å². The molecule has 0 saturated heterocycles. The van der Waals surface area contributed by atoms with E-state index in [9.17, 15) is 19.8 Å². The summed E-state index contributed by atoms with van der Waals surface area (Å²) in [5.41, 5.74) is 0. The summed E-state index contributed by atoms with van der Waals surface area (Å²) in [5, 5.41) is 23.8. The van der Waals surface area contributed by atoms with Crippen LogP contribution >= 0.6 is 0 Å². The van der Waals surface area contributed by atoms with Crippen LogP contribution in [0.5, 0.6) is 0 Å². The first-order chi connectivity index (χ1) is 31.0. The van der Waals surface area contributed by atoms with Crippen molar-refractivity contribution in [2.75, 3.05) is 6.61 Å². The first-order valence-electron chi connectivity index (χ1n) is 27.1. The zero-order valence-electron chi connectivity index (χ0n) is 41.7. The van der Waals surface area contributed by atoms with E-state index in [1.807, 2.05) is 18.2 Å². The smallest absolute Gasteiger partial charge is 0.306 e. The summed E-state index contributed by atoms with van der Waals surface area (Å²) in [6, 6.07) is -0.716. The molecule has 0 saturated carbocycles. The van der Waals surface area contributed by atoms with Gasteiger partial charge < -0.3 is 20.3 Å². The molecule has 1 amide bonds. The van der Waals surface area contributed by atoms with Crippen LogP contribution in [0, 0.1) is 0 Å². The van der Waals surface area contributed by atoms with Crippen molar-refractivity contribution in [3.8, 4) is 0 Å². The maximum Gasteiger partial charge on any atom is 0.306 e. The fourth-order valence-corrected chi connectivity index (χ4v) is 8.09. The molecule has 0 radical (unpaired) electrons. The van der Waals surface area contributed by atoms with Crippen LogP contribution in [0.3, 0.4) is 0 Å². The number of hydrogen-bond acceptors (Lipinski definition) is 5. The lowest BCUT2D eigenvalue weighted by atomic mass is 10.0. The van der Waals surface area contributed by atoms with Crippen molar-refractivity contribution in [3.63, 3.8) is 0 Å². The van der Waals surface area contributed by atoms with E-state index in [4.69, 9.17) is 4.74 Å². The Bertz CT molecular complexity index is 1130. The Morgan fingerprint density at radius 2 is 0.889 bits per heavy atom. The minimum atomic E-state index is -0.800. The molecule has 63 heavy (non-hydrogen) atoms. The lowest BCUT2D eigenvalue weighted by Crippen LogP contribution is -2.46. The third-order valence-corrected chi connectivity index (χ3v) is 12.2. The molecule has 6 nitrogen and oxygen atoms in total. The van der Waals surface area contributed by atoms with Gasteiger partial charge in [0.1, 0.15) is 6.10 Å². The van der Waals surface area contributed by atoms with E-state index < -0.39 is 18.2 Å². The van der Waals surface area contributed by atoms with Crippen molar-refractivity contribution < 1.29 is 24.5 Å². The molecule has 0 spiro atoms. The van der Waals surface area contributed by atoms with Crippen LogP contribution in [-0.2, 0) is 14.3 Å². The standard InChI is InChI=1S/C57H103NO5/c1-4-7-10-13-16-19-22-25-27-28-30-31-34-37-40-43-46-49-55(60)54(52-59)58-56(61)51-53(48-45-42-39-36-33-24-21-18-15-12-9-6-3)63-57(62)50-47-44-41-38-35-32-29-26-23-20-17-14-11-8-5-2/h8,11,14,17,20,23,26,29,36,39,53-55,59-60H,4-7,9-10,12-13,15-16,18-19,21-22,24-25,27-28,30-35,37-38,40-52H2,1-3H3,(H,58,61)/b11-8+,17-14+,23-20+,29-26-,39-36-. The summed E-state index contributed by atoms with van der Waals surface area (Å²) in [5.74, 6) is -0.526. The third kappa shape index (κ3) is 45.9. The zero-order valence-corrected chi connectivity index (χ0v) is 41.7. The molecule has 3 N–H and O–H groups in total. The Balaban J connectivity index is 4.55. The fourth-order valence-electron chi connectivity index (χ4n) is 8.09. The van der Waals surface area contributed by atoms with E-state index in [0.29, 0.717) is 19.3 Å². The van der Waals surface area contributed by atoms with E-state index in [1.165, 1.54) is 135 Å². The Morgan fingerprint density at radius 1 is 0.476 bits per heavy atom. The number of aliphatic hydroxyl groups excluding tert-OH is 2. The van der Waals surface area contributed by atoms with Gasteiger partial charge >= 0.3 is 5.97 Å². The number of hydrogen-bond donors (Lipinski definition) is 3. The Morgan fingerprint density at radius 3 is 1.38 bits per heavy atom. The maximum atomic E-state index is 13.2. The summed E-state index contributed by atoms with van der Waals surface area (Å²) >= 11 is 0. The maximum absolute atomic E-state index is 13.2. The molecule has 0 aromatic carbocycles. The highest BCUT2D eigenvalue weighted by Crippen LogP contribution is 2.17. The molecule has 6 heteroatoms. The summed E-state index contributed by atoms with van der Waals surface area (Å²) in [6.45, 7) is 6.34. The van der Waals surface area contributed by atoms with E-state index >= 15 is 0 Å². The van der Waals surface area contributed by atoms with Gasteiger partial charge in [-0.05, 0) is 64.2 Å². The lowest BCUT2D eigenvalue weighted by molar-refractivity contribution is -0.151. The van der Waals surface area contributed by atoms with Crippen LogP contribution in [0.4, 0.5) is 0 Å². The average molecular weight is 882 g/mol. The minimum absolute atomic E-state index is 0.0464. The number of allylic oxidation sites excluding steroid dienone is 10. The highest BCUT2D eigenvalue weighted by Gasteiger charge is 2.24. The van der Waals surface area contributed by atoms with Gasteiger partial charge in [0.25, 0.3) is 0 Å². The molecule has 0 aliphatic carbocycles. The Hall–Kier alpha value is -2.44. The number of nitrogens with one attached hydrogen (secondary N) is 1. The van der Waals surface area contributed by atoms with E-state index in [1.54, 1.807) is 0 Å². The number of carbonyl (C=O) groups is 2. The van der Waals surface area contributed by atoms with E-state index in [2.05, 4.69) is 68.6 Å². The molecule has 0 aliphatic rings. The van der Waals surface area contributed by atoms with Crippen LogP contribution in [0.2, 0.25) is 0 Å². The summed E-state index contributed by atoms with van der Waals surface area (Å²) in [4.78, 5) is 26.2. The van der Waals surface area contributed by atoms with Crippen LogP contribution in [-0.4, -0.2) is 46.9 Å².